The van der Waals surface area contributed by atoms with E-state index in [2.05, 4.69) is 15.9 Å². The molecule has 1 nitrogen and oxygen atoms in total. The molecule has 0 aliphatic rings. The predicted molar refractivity (Wildman–Crippen MR) is 9.23 cm³/mol. The van der Waals surface area contributed by atoms with Crippen molar-refractivity contribution in [3.05, 3.63) is 0 Å². The van der Waals surface area contributed by atoms with Crippen molar-refractivity contribution in [3.8, 4) is 0 Å². The first-order chi connectivity index (χ1) is 1.00. The van der Waals surface area contributed by atoms with E-state index in [0.29, 0.717) is 0 Å². The fraction of sp³-hybridized carbons (Fsp3) is 0. The second-order valence-corrected chi connectivity index (χ2v) is 0. The molecule has 0 saturated carbocycles. The second-order valence-electron chi connectivity index (χ2n) is 0. The van der Waals surface area contributed by atoms with Gasteiger partial charge in [0.05, 0.1) is 0 Å². The van der Waals surface area contributed by atoms with Crippen molar-refractivity contribution in [2.24, 2.45) is 0 Å². The zero-order chi connectivity index (χ0) is 2.00. The molecule has 0 aromatic carbocycles. The van der Waals surface area contributed by atoms with E-state index in [1.54, 1.807) is 0 Å². The Morgan fingerprint density at radius 3 is 1.25 bits per heavy atom. The van der Waals surface area contributed by atoms with Gasteiger partial charge in [0.1, 0.15) is 0 Å². The van der Waals surface area contributed by atoms with Crippen LogP contribution in [0.5, 0.6) is 0 Å². The summed E-state index contributed by atoms with van der Waals surface area (Å²) in [6, 6.07) is 0. The zero-order valence-corrected chi connectivity index (χ0v) is 5.29. The van der Waals surface area contributed by atoms with Gasteiger partial charge in [-0.1, -0.05) is 0 Å². The van der Waals surface area contributed by atoms with Crippen LogP contribution >= 0.6 is 0 Å². The van der Waals surface area contributed by atoms with Gasteiger partial charge in [-0.2, -0.15) is 0 Å². The maximum atomic E-state index is 7.81. The molecule has 4 heteroatoms. The molecular formula is H2CeCuMgO. The van der Waals surface area contributed by atoms with E-state index in [1.807, 2.05) is 0 Å². The number of hydrogen-bond acceptors (Lipinski definition) is 1. The van der Waals surface area contributed by atoms with Gasteiger partial charge in [-0.15, -0.1) is 0 Å². The van der Waals surface area contributed by atoms with Gasteiger partial charge in [0, 0.05) is 41.7 Å². The third-order valence-electron chi connectivity index (χ3n) is 0. The van der Waals surface area contributed by atoms with Crippen LogP contribution in [0.3, 0.4) is 0 Å². The quantitative estimate of drug-likeness (QED) is 0.499. The molecule has 0 N–H and O–H groups in total. The average molecular weight is 246 g/mol. The molecule has 0 spiro atoms. The van der Waals surface area contributed by atoms with Gasteiger partial charge in [0.25, 0.3) is 0 Å². The molecule has 0 saturated heterocycles. The Labute approximate surface area is 82.8 Å². The van der Waals surface area contributed by atoms with E-state index in [0.717, 1.165) is 0 Å². The molecule has 0 heterocycles. The fourth-order valence-corrected chi connectivity index (χ4v) is 0. The van der Waals surface area contributed by atoms with E-state index in [9.17, 15) is 0 Å². The Hall–Kier alpha value is 2.46. The monoisotopic (exact) mass is 245 g/mol. The topological polar surface area (TPSA) is 17.1 Å². The molecule has 0 amide bonds. The first-order valence-electron chi connectivity index (χ1n) is 0.123. The van der Waals surface area contributed by atoms with Gasteiger partial charge >= 0.3 is 42.8 Å². The van der Waals surface area contributed by atoms with Crippen LogP contribution in [0.25, 0.3) is 0 Å². The fourth-order valence-electron chi connectivity index (χ4n) is 0. The van der Waals surface area contributed by atoms with Gasteiger partial charge < -0.3 is 0 Å². The van der Waals surface area contributed by atoms with Gasteiger partial charge in [-0.25, -0.2) is 0 Å². The van der Waals surface area contributed by atoms with Gasteiger partial charge in [0.15, 0.2) is 0 Å². The molecule has 0 atom stereocenters. The number of hydrogen-bond donors (Lipinski definition) is 0. The van der Waals surface area contributed by atoms with Crippen LogP contribution in [-0.4, -0.2) is 23.1 Å². The van der Waals surface area contributed by atoms with E-state index >= 15 is 0 Å². The summed E-state index contributed by atoms with van der Waals surface area (Å²) >= 11 is 2.94. The van der Waals surface area contributed by atoms with Crippen LogP contribution < -0.4 is 0 Å². The minimum absolute atomic E-state index is 0. The van der Waals surface area contributed by atoms with Crippen LogP contribution in [-0.2, 0) is 19.8 Å². The Bertz CT molecular complexity index is 8.00. The maximum absolute atomic E-state index is 7.81. The van der Waals surface area contributed by atoms with Crippen LogP contribution in [0, 0.1) is 41.7 Å². The summed E-state index contributed by atoms with van der Waals surface area (Å²) in [4.78, 5) is 0. The van der Waals surface area contributed by atoms with Crippen LogP contribution in [0.1, 0.15) is 0 Å². The van der Waals surface area contributed by atoms with Crippen molar-refractivity contribution in [2.45, 2.75) is 0 Å². The molecule has 0 bridgehead atoms. The van der Waals surface area contributed by atoms with Crippen molar-refractivity contribution in [1.82, 2.24) is 0 Å². The van der Waals surface area contributed by atoms with Crippen molar-refractivity contribution >= 4 is 23.1 Å². The molecule has 25 valence electrons. The summed E-state index contributed by atoms with van der Waals surface area (Å²) in [5.41, 5.74) is 0. The van der Waals surface area contributed by atoms with Crippen molar-refractivity contribution in [1.29, 1.82) is 0 Å². The first-order valence-corrected chi connectivity index (χ1v) is 0.508. The normalized spacial score (nSPS) is 1.50. The van der Waals surface area contributed by atoms with Crippen molar-refractivity contribution in [2.75, 3.05) is 0 Å². The van der Waals surface area contributed by atoms with Crippen molar-refractivity contribution in [3.63, 3.8) is 0 Å². The van der Waals surface area contributed by atoms with Crippen LogP contribution in [0.15, 0.2) is 0 Å². The Kier molecular flexibility index (Phi) is 72.1. The van der Waals surface area contributed by atoms with E-state index in [4.69, 9.17) is 3.83 Å². The SMILES string of the molecule is [Ce].[MgH2].[O]=[Cu]. The predicted octanol–water partition coefficient (Wildman–Crippen LogP) is -1.04. The first kappa shape index (κ1) is 16.1. The summed E-state index contributed by atoms with van der Waals surface area (Å²) in [7, 11) is 0. The molecule has 0 aromatic heterocycles. The van der Waals surface area contributed by atoms with Gasteiger partial charge in [-0.05, 0) is 0 Å². The minimum atomic E-state index is 0. The van der Waals surface area contributed by atoms with Crippen molar-refractivity contribution < 1.29 is 61.5 Å². The van der Waals surface area contributed by atoms with E-state index in [-0.39, 0.29) is 64.8 Å². The van der Waals surface area contributed by atoms with E-state index < -0.39 is 0 Å². The third kappa shape index (κ3) is 8.82. The van der Waals surface area contributed by atoms with Gasteiger partial charge in [-0.3, -0.25) is 0 Å². The summed E-state index contributed by atoms with van der Waals surface area (Å²) in [6.07, 6.45) is 0. The molecule has 0 fully saturated rings. The molecular weight excluding hydrogens is 244 g/mol. The summed E-state index contributed by atoms with van der Waals surface area (Å²) in [6.45, 7) is 0. The Morgan fingerprint density at radius 1 is 1.25 bits per heavy atom. The number of rotatable bonds is 0. The standard InChI is InChI=1S/Ce.Cu.Mg.O.2H. The van der Waals surface area contributed by atoms with E-state index in [1.165, 1.54) is 0 Å². The second kappa shape index (κ2) is 17.9. The molecule has 0 radical (unpaired) electrons. The summed E-state index contributed by atoms with van der Waals surface area (Å²) in [5.74, 6) is 0. The molecule has 0 aliphatic carbocycles. The molecule has 4 heavy (non-hydrogen) atoms. The summed E-state index contributed by atoms with van der Waals surface area (Å²) in [5, 5.41) is 0. The molecule has 0 unspecified atom stereocenters. The Balaban J connectivity index is -0.00000000500. The van der Waals surface area contributed by atoms with Crippen LogP contribution in [0.2, 0.25) is 0 Å². The molecule has 0 aliphatic heterocycles. The summed E-state index contributed by atoms with van der Waals surface area (Å²) < 4.78 is 7.81. The average Bonchev–Trinajstić information content (AvgIpc) is 1.00. The van der Waals surface area contributed by atoms with Gasteiger partial charge in [0.2, 0.25) is 0 Å². The molecule has 0 rings (SSSR count). The zero-order valence-electron chi connectivity index (χ0n) is 1.21. The molecule has 0 aromatic rings. The van der Waals surface area contributed by atoms with Crippen LogP contribution in [0.4, 0.5) is 0 Å². The Morgan fingerprint density at radius 2 is 1.25 bits per heavy atom. The third-order valence-corrected chi connectivity index (χ3v) is 0.